The van der Waals surface area contributed by atoms with Crippen molar-refractivity contribution in [2.24, 2.45) is 0 Å². The van der Waals surface area contributed by atoms with Crippen molar-refractivity contribution in [3.8, 4) is 5.75 Å². The van der Waals surface area contributed by atoms with Crippen LogP contribution in [0.2, 0.25) is 5.02 Å². The van der Waals surface area contributed by atoms with E-state index in [2.05, 4.69) is 0 Å². The van der Waals surface area contributed by atoms with Gasteiger partial charge >= 0.3 is 6.18 Å². The summed E-state index contributed by atoms with van der Waals surface area (Å²) in [5, 5.41) is 9.81. The van der Waals surface area contributed by atoms with Crippen LogP contribution in [-0.2, 0) is 10.2 Å². The summed E-state index contributed by atoms with van der Waals surface area (Å²) in [6.45, 7) is 2.98. The van der Waals surface area contributed by atoms with Crippen LogP contribution in [0.1, 0.15) is 25.8 Å². The third-order valence-corrected chi connectivity index (χ3v) is 3.63. The van der Waals surface area contributed by atoms with E-state index < -0.39 is 29.9 Å². The molecule has 0 bridgehead atoms. The Morgan fingerprint density at radius 1 is 1.33 bits per heavy atom. The normalized spacial score (nSPS) is 15.4. The molecule has 7 heteroatoms. The Labute approximate surface area is 125 Å². The summed E-state index contributed by atoms with van der Waals surface area (Å²) in [5.41, 5.74) is -4.07. The Bertz CT molecular complexity index is 529. The minimum absolute atomic E-state index is 0.240. The highest BCUT2D eigenvalue weighted by atomic mass is 35.5. The standard InChI is InChI=1S/C14H16ClF3O3/c1-12(2,7-13(20,8-19)14(16,17)18)9-4-5-11(21-3)10(15)6-9/h4-6,8,20H,7H2,1-3H3. The maximum absolute atomic E-state index is 12.8. The van der Waals surface area contributed by atoms with Gasteiger partial charge in [-0.05, 0) is 23.1 Å². The van der Waals surface area contributed by atoms with Gasteiger partial charge in [0.15, 0.2) is 6.29 Å². The van der Waals surface area contributed by atoms with Crippen LogP contribution in [0, 0.1) is 0 Å². The number of aliphatic hydroxyl groups is 1. The summed E-state index contributed by atoms with van der Waals surface area (Å²) in [4.78, 5) is 10.7. The van der Waals surface area contributed by atoms with Crippen LogP contribution in [0.4, 0.5) is 13.2 Å². The summed E-state index contributed by atoms with van der Waals surface area (Å²) in [6, 6.07) is 4.53. The number of halogens is 4. The average molecular weight is 325 g/mol. The zero-order valence-electron chi connectivity index (χ0n) is 11.8. The Morgan fingerprint density at radius 2 is 1.90 bits per heavy atom. The first-order valence-electron chi connectivity index (χ1n) is 6.06. The van der Waals surface area contributed by atoms with Gasteiger partial charge in [-0.25, -0.2) is 0 Å². The first-order chi connectivity index (χ1) is 9.47. The fourth-order valence-corrected chi connectivity index (χ4v) is 2.33. The van der Waals surface area contributed by atoms with E-state index in [0.29, 0.717) is 11.3 Å². The molecule has 1 rings (SSSR count). The molecule has 0 radical (unpaired) electrons. The lowest BCUT2D eigenvalue weighted by molar-refractivity contribution is -0.250. The third-order valence-electron chi connectivity index (χ3n) is 3.33. The van der Waals surface area contributed by atoms with Crippen LogP contribution in [0.25, 0.3) is 0 Å². The summed E-state index contributed by atoms with van der Waals surface area (Å²) in [5.74, 6) is 0.387. The van der Waals surface area contributed by atoms with E-state index in [0.717, 1.165) is 0 Å². The Hall–Kier alpha value is -1.27. The lowest BCUT2D eigenvalue weighted by Crippen LogP contribution is -2.50. The molecule has 1 atom stereocenters. The molecule has 0 saturated heterocycles. The minimum atomic E-state index is -5.04. The highest BCUT2D eigenvalue weighted by Crippen LogP contribution is 2.41. The second-order valence-corrected chi connectivity index (χ2v) is 5.86. The SMILES string of the molecule is COc1ccc(C(C)(C)CC(O)(C=O)C(F)(F)F)cc1Cl. The maximum atomic E-state index is 12.8. The van der Waals surface area contributed by atoms with Crippen molar-refractivity contribution in [2.45, 2.75) is 37.5 Å². The van der Waals surface area contributed by atoms with Gasteiger partial charge < -0.3 is 9.84 Å². The van der Waals surface area contributed by atoms with Gasteiger partial charge in [-0.1, -0.05) is 31.5 Å². The summed E-state index contributed by atoms with van der Waals surface area (Å²) in [7, 11) is 1.42. The van der Waals surface area contributed by atoms with Crippen LogP contribution in [0.3, 0.4) is 0 Å². The lowest BCUT2D eigenvalue weighted by atomic mass is 9.75. The second-order valence-electron chi connectivity index (χ2n) is 5.45. The van der Waals surface area contributed by atoms with E-state index in [1.165, 1.54) is 33.1 Å². The number of aldehydes is 1. The zero-order valence-corrected chi connectivity index (χ0v) is 12.5. The summed E-state index contributed by atoms with van der Waals surface area (Å²) < 4.78 is 43.4. The first kappa shape index (κ1) is 17.8. The van der Waals surface area contributed by atoms with Crippen LogP contribution >= 0.6 is 11.6 Å². The van der Waals surface area contributed by atoms with Crippen LogP contribution in [0.15, 0.2) is 18.2 Å². The van der Waals surface area contributed by atoms with Gasteiger partial charge in [0, 0.05) is 6.42 Å². The Kier molecular flexibility index (Phi) is 4.95. The van der Waals surface area contributed by atoms with E-state index in [-0.39, 0.29) is 5.02 Å². The predicted molar refractivity (Wildman–Crippen MR) is 72.7 cm³/mol. The van der Waals surface area contributed by atoms with Crippen LogP contribution < -0.4 is 4.74 Å². The van der Waals surface area contributed by atoms with Crippen LogP contribution in [-0.4, -0.2) is 30.3 Å². The number of alkyl halides is 3. The molecule has 0 saturated carbocycles. The summed E-state index contributed by atoms with van der Waals surface area (Å²) in [6.07, 6.45) is -6.32. The molecule has 1 aromatic rings. The van der Waals surface area contributed by atoms with E-state index in [1.807, 2.05) is 0 Å². The first-order valence-corrected chi connectivity index (χ1v) is 6.44. The lowest BCUT2D eigenvalue weighted by Gasteiger charge is -2.34. The predicted octanol–water partition coefficient (Wildman–Crippen LogP) is 3.51. The number of benzene rings is 1. The van der Waals surface area contributed by atoms with Gasteiger partial charge in [0.2, 0.25) is 5.60 Å². The van der Waals surface area contributed by atoms with E-state index in [9.17, 15) is 23.1 Å². The van der Waals surface area contributed by atoms with Gasteiger partial charge in [-0.2, -0.15) is 13.2 Å². The highest BCUT2D eigenvalue weighted by molar-refractivity contribution is 6.32. The molecule has 21 heavy (non-hydrogen) atoms. The Morgan fingerprint density at radius 3 is 2.29 bits per heavy atom. The quantitative estimate of drug-likeness (QED) is 0.843. The molecule has 118 valence electrons. The number of carbonyl (C=O) groups is 1. The second kappa shape index (κ2) is 5.85. The third kappa shape index (κ3) is 3.68. The largest absolute Gasteiger partial charge is 0.495 e. The maximum Gasteiger partial charge on any atom is 0.424 e. The van der Waals surface area contributed by atoms with Gasteiger partial charge in [0.25, 0.3) is 0 Å². The zero-order chi connectivity index (χ0) is 16.5. The minimum Gasteiger partial charge on any atom is -0.495 e. The van der Waals surface area contributed by atoms with Gasteiger partial charge in [-0.3, -0.25) is 4.79 Å². The molecule has 0 amide bonds. The highest BCUT2D eigenvalue weighted by Gasteiger charge is 2.56. The molecule has 3 nitrogen and oxygen atoms in total. The van der Waals surface area contributed by atoms with Crippen LogP contribution in [0.5, 0.6) is 5.75 Å². The number of hydrogen-bond donors (Lipinski definition) is 1. The number of ether oxygens (including phenoxy) is 1. The molecule has 1 unspecified atom stereocenters. The average Bonchev–Trinajstić information content (AvgIpc) is 2.36. The smallest absolute Gasteiger partial charge is 0.424 e. The molecular formula is C14H16ClF3O3. The molecule has 0 fully saturated rings. The Balaban J connectivity index is 3.16. The monoisotopic (exact) mass is 324 g/mol. The van der Waals surface area contributed by atoms with Gasteiger partial charge in [0.05, 0.1) is 12.1 Å². The molecular weight excluding hydrogens is 309 g/mol. The molecule has 1 N–H and O–H groups in total. The van der Waals surface area contributed by atoms with Crippen molar-refractivity contribution in [1.82, 2.24) is 0 Å². The van der Waals surface area contributed by atoms with Crippen molar-refractivity contribution < 1.29 is 27.8 Å². The van der Waals surface area contributed by atoms with E-state index in [1.54, 1.807) is 6.07 Å². The van der Waals surface area contributed by atoms with Crippen molar-refractivity contribution in [3.05, 3.63) is 28.8 Å². The van der Waals surface area contributed by atoms with E-state index >= 15 is 0 Å². The molecule has 1 aromatic carbocycles. The topological polar surface area (TPSA) is 46.5 Å². The molecule has 0 heterocycles. The number of rotatable bonds is 5. The van der Waals surface area contributed by atoms with Crippen molar-refractivity contribution in [3.63, 3.8) is 0 Å². The molecule has 0 spiro atoms. The van der Waals surface area contributed by atoms with Crippen molar-refractivity contribution in [1.29, 1.82) is 0 Å². The molecule has 0 aliphatic carbocycles. The summed E-state index contributed by atoms with van der Waals surface area (Å²) >= 11 is 5.95. The van der Waals surface area contributed by atoms with Gasteiger partial charge in [0.1, 0.15) is 5.75 Å². The van der Waals surface area contributed by atoms with Crippen molar-refractivity contribution >= 4 is 17.9 Å². The van der Waals surface area contributed by atoms with Gasteiger partial charge in [-0.15, -0.1) is 0 Å². The molecule has 0 aliphatic heterocycles. The van der Waals surface area contributed by atoms with Crippen molar-refractivity contribution in [2.75, 3.05) is 7.11 Å². The molecule has 0 aliphatic rings. The molecule has 0 aromatic heterocycles. The van der Waals surface area contributed by atoms with E-state index in [4.69, 9.17) is 16.3 Å². The fourth-order valence-electron chi connectivity index (χ4n) is 2.07. The number of hydrogen-bond acceptors (Lipinski definition) is 3. The fraction of sp³-hybridized carbons (Fsp3) is 0.500. The number of methoxy groups -OCH3 is 1. The number of carbonyl (C=O) groups excluding carboxylic acids is 1.